The second kappa shape index (κ2) is 8.95. The van der Waals surface area contributed by atoms with Crippen LogP contribution in [0.4, 0.5) is 5.69 Å². The van der Waals surface area contributed by atoms with E-state index in [1.807, 2.05) is 24.3 Å². The molecular formula is C25H20BrN3O5S. The third-order valence-electron chi connectivity index (χ3n) is 6.06. The number of para-hydroxylation sites is 1. The summed E-state index contributed by atoms with van der Waals surface area (Å²) in [5.41, 5.74) is 3.32. The monoisotopic (exact) mass is 553 g/mol. The first-order chi connectivity index (χ1) is 16.7. The number of sulfonamides is 1. The standard InChI is InChI=1S/C25H20BrN3O5S/c26-16-7-10-22(20(13-16)25(31)32)28-24(30)15-5-8-17(9-6-15)35(33,34)29-12-11-19-18-3-1-2-4-21(18)27-23(19)14-29/h1-10,13,27H,11-12,14H2,(H,28,30)(H,31,32). The molecule has 1 aliphatic rings. The summed E-state index contributed by atoms with van der Waals surface area (Å²) in [4.78, 5) is 27.6. The molecule has 3 aromatic carbocycles. The number of benzene rings is 3. The Morgan fingerprint density at radius 2 is 1.77 bits per heavy atom. The number of aromatic carboxylic acids is 1. The highest BCUT2D eigenvalue weighted by atomic mass is 79.9. The molecule has 0 saturated heterocycles. The van der Waals surface area contributed by atoms with Crippen LogP contribution in [0.2, 0.25) is 0 Å². The third-order valence-corrected chi connectivity index (χ3v) is 8.41. The molecule has 1 aromatic heterocycles. The van der Waals surface area contributed by atoms with Crippen LogP contribution in [-0.2, 0) is 23.0 Å². The summed E-state index contributed by atoms with van der Waals surface area (Å²) < 4.78 is 28.6. The number of carbonyl (C=O) groups excluding carboxylic acids is 1. The van der Waals surface area contributed by atoms with Gasteiger partial charge in [0.25, 0.3) is 5.91 Å². The highest BCUT2D eigenvalue weighted by Crippen LogP contribution is 2.30. The van der Waals surface area contributed by atoms with Crippen LogP contribution in [0.1, 0.15) is 32.0 Å². The van der Waals surface area contributed by atoms with E-state index < -0.39 is 21.9 Å². The van der Waals surface area contributed by atoms with E-state index in [0.717, 1.165) is 22.2 Å². The second-order valence-corrected chi connectivity index (χ2v) is 11.0. The van der Waals surface area contributed by atoms with Gasteiger partial charge in [0, 0.05) is 33.2 Å². The summed E-state index contributed by atoms with van der Waals surface area (Å²) in [6.07, 6.45) is 0.609. The second-order valence-electron chi connectivity index (χ2n) is 8.19. The number of fused-ring (bicyclic) bond motifs is 3. The zero-order valence-electron chi connectivity index (χ0n) is 18.3. The van der Waals surface area contributed by atoms with Gasteiger partial charge in [0.05, 0.1) is 22.7 Å². The summed E-state index contributed by atoms with van der Waals surface area (Å²) in [6.45, 7) is 0.608. The Hall–Kier alpha value is -3.47. The molecule has 1 aliphatic heterocycles. The van der Waals surface area contributed by atoms with Crippen molar-refractivity contribution in [3.05, 3.63) is 93.6 Å². The van der Waals surface area contributed by atoms with Gasteiger partial charge >= 0.3 is 5.97 Å². The number of carbonyl (C=O) groups is 2. The smallest absolute Gasteiger partial charge is 0.337 e. The van der Waals surface area contributed by atoms with Gasteiger partial charge in [-0.1, -0.05) is 34.1 Å². The van der Waals surface area contributed by atoms with Crippen molar-refractivity contribution in [2.24, 2.45) is 0 Å². The number of aromatic nitrogens is 1. The van der Waals surface area contributed by atoms with Crippen LogP contribution in [-0.4, -0.2) is 41.2 Å². The van der Waals surface area contributed by atoms with Crippen molar-refractivity contribution in [2.75, 3.05) is 11.9 Å². The number of halogens is 1. The number of nitrogens with zero attached hydrogens (tertiary/aromatic N) is 1. The number of anilines is 1. The van der Waals surface area contributed by atoms with Gasteiger partial charge in [-0.3, -0.25) is 4.79 Å². The van der Waals surface area contributed by atoms with Crippen LogP contribution >= 0.6 is 15.9 Å². The first-order valence-electron chi connectivity index (χ1n) is 10.8. The molecule has 35 heavy (non-hydrogen) atoms. The normalized spacial score (nSPS) is 14.0. The van der Waals surface area contributed by atoms with Crippen LogP contribution < -0.4 is 5.32 Å². The molecule has 0 atom stereocenters. The molecule has 0 aliphatic carbocycles. The summed E-state index contributed by atoms with van der Waals surface area (Å²) >= 11 is 3.21. The molecule has 8 nitrogen and oxygen atoms in total. The number of nitrogens with one attached hydrogen (secondary N) is 2. The fourth-order valence-electron chi connectivity index (χ4n) is 4.30. The Morgan fingerprint density at radius 1 is 1.03 bits per heavy atom. The van der Waals surface area contributed by atoms with Crippen molar-refractivity contribution in [3.63, 3.8) is 0 Å². The fourth-order valence-corrected chi connectivity index (χ4v) is 6.07. The van der Waals surface area contributed by atoms with Crippen LogP contribution in [0.15, 0.2) is 76.1 Å². The predicted octanol–water partition coefficient (Wildman–Crippen LogP) is 4.63. The lowest BCUT2D eigenvalue weighted by Crippen LogP contribution is -2.35. The molecule has 0 unspecified atom stereocenters. The average molecular weight is 554 g/mol. The van der Waals surface area contributed by atoms with Crippen molar-refractivity contribution >= 4 is 54.4 Å². The maximum Gasteiger partial charge on any atom is 0.337 e. The number of rotatable bonds is 5. The van der Waals surface area contributed by atoms with Crippen molar-refractivity contribution in [3.8, 4) is 0 Å². The number of carboxylic acid groups (broad SMARTS) is 1. The summed E-state index contributed by atoms with van der Waals surface area (Å²) in [5.74, 6) is -1.72. The fraction of sp³-hybridized carbons (Fsp3) is 0.120. The largest absolute Gasteiger partial charge is 0.478 e. The first-order valence-corrected chi connectivity index (χ1v) is 13.0. The molecule has 5 rings (SSSR count). The first kappa shape index (κ1) is 23.3. The van der Waals surface area contributed by atoms with Crippen LogP contribution in [0.25, 0.3) is 10.9 Å². The molecule has 0 saturated carbocycles. The van der Waals surface area contributed by atoms with E-state index in [-0.39, 0.29) is 28.3 Å². The SMILES string of the molecule is O=C(Nc1ccc(Br)cc1C(=O)O)c1ccc(S(=O)(=O)N2CCc3c([nH]c4ccccc34)C2)cc1. The number of carboxylic acids is 1. The van der Waals surface area contributed by atoms with Gasteiger partial charge in [-0.2, -0.15) is 4.31 Å². The van der Waals surface area contributed by atoms with Crippen molar-refractivity contribution in [1.82, 2.24) is 9.29 Å². The Labute approximate surface area is 209 Å². The number of amides is 1. The van der Waals surface area contributed by atoms with E-state index in [9.17, 15) is 23.1 Å². The minimum atomic E-state index is -3.77. The topological polar surface area (TPSA) is 120 Å². The molecule has 4 aromatic rings. The zero-order valence-corrected chi connectivity index (χ0v) is 20.7. The number of hydrogen-bond acceptors (Lipinski definition) is 4. The molecule has 3 N–H and O–H groups in total. The molecule has 0 bridgehead atoms. The van der Waals surface area contributed by atoms with Gasteiger partial charge in [-0.15, -0.1) is 0 Å². The number of hydrogen-bond donors (Lipinski definition) is 3. The maximum atomic E-state index is 13.3. The highest BCUT2D eigenvalue weighted by molar-refractivity contribution is 9.10. The Bertz CT molecular complexity index is 1580. The quantitative estimate of drug-likeness (QED) is 0.333. The molecule has 178 valence electrons. The summed E-state index contributed by atoms with van der Waals surface area (Å²) in [5, 5.41) is 13.1. The molecular weight excluding hydrogens is 534 g/mol. The zero-order chi connectivity index (χ0) is 24.7. The summed E-state index contributed by atoms with van der Waals surface area (Å²) in [7, 11) is -3.77. The van der Waals surface area contributed by atoms with E-state index in [0.29, 0.717) is 17.4 Å². The molecule has 2 heterocycles. The number of H-pyrrole nitrogens is 1. The van der Waals surface area contributed by atoms with Crippen LogP contribution in [0.5, 0.6) is 0 Å². The van der Waals surface area contributed by atoms with Crippen molar-refractivity contribution in [1.29, 1.82) is 0 Å². The molecule has 10 heteroatoms. The van der Waals surface area contributed by atoms with E-state index >= 15 is 0 Å². The Kier molecular flexibility index (Phi) is 5.96. The molecule has 0 fully saturated rings. The lowest BCUT2D eigenvalue weighted by Gasteiger charge is -2.26. The number of aromatic amines is 1. The van der Waals surface area contributed by atoms with Gasteiger partial charge < -0.3 is 15.4 Å². The average Bonchev–Trinajstić information content (AvgIpc) is 3.23. The van der Waals surface area contributed by atoms with Gasteiger partial charge in [-0.25, -0.2) is 13.2 Å². The highest BCUT2D eigenvalue weighted by Gasteiger charge is 2.30. The van der Waals surface area contributed by atoms with E-state index in [4.69, 9.17) is 0 Å². The summed E-state index contributed by atoms with van der Waals surface area (Å²) in [6, 6.07) is 18.0. The van der Waals surface area contributed by atoms with Gasteiger partial charge in [0.2, 0.25) is 10.0 Å². The molecule has 0 spiro atoms. The van der Waals surface area contributed by atoms with E-state index in [1.54, 1.807) is 6.07 Å². The van der Waals surface area contributed by atoms with Gasteiger partial charge in [-0.05, 0) is 60.5 Å². The minimum Gasteiger partial charge on any atom is -0.478 e. The lowest BCUT2D eigenvalue weighted by molar-refractivity contribution is 0.0698. The maximum absolute atomic E-state index is 13.3. The van der Waals surface area contributed by atoms with Crippen molar-refractivity contribution in [2.45, 2.75) is 17.9 Å². The predicted molar refractivity (Wildman–Crippen MR) is 135 cm³/mol. The molecule has 1 amide bonds. The lowest BCUT2D eigenvalue weighted by atomic mass is 10.1. The molecule has 0 radical (unpaired) electrons. The van der Waals surface area contributed by atoms with Gasteiger partial charge in [0.15, 0.2) is 0 Å². The van der Waals surface area contributed by atoms with E-state index in [2.05, 4.69) is 26.2 Å². The Balaban J connectivity index is 1.35. The van der Waals surface area contributed by atoms with Gasteiger partial charge in [0.1, 0.15) is 0 Å². The van der Waals surface area contributed by atoms with Crippen LogP contribution in [0.3, 0.4) is 0 Å². The van der Waals surface area contributed by atoms with Crippen LogP contribution in [0, 0.1) is 0 Å². The van der Waals surface area contributed by atoms with E-state index in [1.165, 1.54) is 40.7 Å². The van der Waals surface area contributed by atoms with Crippen molar-refractivity contribution < 1.29 is 23.1 Å². The Morgan fingerprint density at radius 3 is 2.51 bits per heavy atom. The third kappa shape index (κ3) is 4.36. The minimum absolute atomic E-state index is 0.0617.